The van der Waals surface area contributed by atoms with Crippen molar-refractivity contribution in [1.29, 1.82) is 0 Å². The Morgan fingerprint density at radius 1 is 0.778 bits per heavy atom. The van der Waals surface area contributed by atoms with Crippen LogP contribution >= 0.6 is 59.1 Å². The van der Waals surface area contributed by atoms with Gasteiger partial charge in [-0.25, -0.2) is 0 Å². The van der Waals surface area contributed by atoms with E-state index in [1.165, 1.54) is 21.2 Å². The summed E-state index contributed by atoms with van der Waals surface area (Å²) in [7, 11) is 0. The second kappa shape index (κ2) is 5.08. The van der Waals surface area contributed by atoms with E-state index in [0.29, 0.717) is 0 Å². The number of hydrogen-bond acceptors (Lipinski definition) is 1. The van der Waals surface area contributed by atoms with E-state index in [0.717, 1.165) is 12.7 Å². The van der Waals surface area contributed by atoms with Gasteiger partial charge in [-0.3, -0.25) is 0 Å². The molecule has 0 saturated carbocycles. The van der Waals surface area contributed by atoms with Gasteiger partial charge in [-0.1, -0.05) is 42.5 Å². The van der Waals surface area contributed by atoms with Crippen molar-refractivity contribution < 1.29 is 0 Å². The molecule has 0 aliphatic rings. The lowest BCUT2D eigenvalue weighted by Gasteiger charge is -2.05. The molecule has 90 valence electrons. The molecule has 3 aromatic rings. The minimum absolute atomic E-state index is 1.08. The Morgan fingerprint density at radius 2 is 1.50 bits per heavy atom. The lowest BCUT2D eigenvalue weighted by molar-refractivity contribution is 1.69. The molecule has 0 fully saturated rings. The largest absolute Gasteiger partial charge is 0.126 e. The second-order valence-electron chi connectivity index (χ2n) is 3.86. The average Bonchev–Trinajstić information content (AvgIpc) is 2.66. The topological polar surface area (TPSA) is 0 Å². The van der Waals surface area contributed by atoms with Crippen LogP contribution in [0.4, 0.5) is 0 Å². The summed E-state index contributed by atoms with van der Waals surface area (Å²) in [6.07, 6.45) is 0. The van der Waals surface area contributed by atoms with Gasteiger partial charge in [0.15, 0.2) is 0 Å². The molecule has 1 heterocycles. The number of fused-ring (bicyclic) bond motifs is 1. The molecule has 0 amide bonds. The lowest BCUT2D eigenvalue weighted by atomic mass is 10.0. The van der Waals surface area contributed by atoms with E-state index >= 15 is 0 Å². The third kappa shape index (κ3) is 2.09. The van der Waals surface area contributed by atoms with Gasteiger partial charge in [-0.05, 0) is 58.6 Å². The van der Waals surface area contributed by atoms with Crippen molar-refractivity contribution in [2.24, 2.45) is 0 Å². The Morgan fingerprint density at radius 3 is 2.22 bits per heavy atom. The maximum Gasteiger partial charge on any atom is 0.0858 e. The van der Waals surface area contributed by atoms with E-state index in [-0.39, 0.29) is 0 Å². The highest BCUT2D eigenvalue weighted by atomic mass is 79.9. The predicted octanol–water partition coefficient (Wildman–Crippen LogP) is 6.86. The standard InChI is InChI=1S/C14H7Br3S/c15-11-12(16)14(17)18-13(11)10-7-3-5-8-4-1-2-6-9(8)10/h1-7H. The molecule has 0 atom stereocenters. The summed E-state index contributed by atoms with van der Waals surface area (Å²) >= 11 is 12.5. The summed E-state index contributed by atoms with van der Waals surface area (Å²) in [4.78, 5) is 1.24. The van der Waals surface area contributed by atoms with Crippen LogP contribution in [0, 0.1) is 0 Å². The quantitative estimate of drug-likeness (QED) is 0.383. The van der Waals surface area contributed by atoms with Crippen LogP contribution in [0.1, 0.15) is 0 Å². The first-order chi connectivity index (χ1) is 8.68. The van der Waals surface area contributed by atoms with Crippen LogP contribution in [0.2, 0.25) is 0 Å². The van der Waals surface area contributed by atoms with Gasteiger partial charge in [0.2, 0.25) is 0 Å². The Bertz CT molecular complexity index is 726. The summed E-state index contributed by atoms with van der Waals surface area (Å²) in [6.45, 7) is 0. The fourth-order valence-electron chi connectivity index (χ4n) is 1.96. The first-order valence-corrected chi connectivity index (χ1v) is 8.49. The molecule has 0 radical (unpaired) electrons. The summed E-state index contributed by atoms with van der Waals surface area (Å²) in [6, 6.07) is 14.9. The second-order valence-corrected chi connectivity index (χ2v) is 7.78. The molecule has 0 saturated heterocycles. The zero-order valence-electron chi connectivity index (χ0n) is 9.08. The van der Waals surface area contributed by atoms with Gasteiger partial charge in [-0.2, -0.15) is 0 Å². The molecule has 0 spiro atoms. The van der Waals surface area contributed by atoms with Crippen LogP contribution in [-0.2, 0) is 0 Å². The normalized spacial score (nSPS) is 11.1. The molecule has 2 aromatic carbocycles. The Kier molecular flexibility index (Phi) is 3.63. The van der Waals surface area contributed by atoms with Crippen LogP contribution in [0.15, 0.2) is 55.2 Å². The van der Waals surface area contributed by atoms with Gasteiger partial charge in [0.1, 0.15) is 0 Å². The number of hydrogen-bond donors (Lipinski definition) is 0. The number of halogens is 3. The smallest absolute Gasteiger partial charge is 0.0858 e. The Labute approximate surface area is 134 Å². The Hall–Kier alpha value is -0.160. The molecule has 4 heteroatoms. The molecule has 1 aromatic heterocycles. The van der Waals surface area contributed by atoms with Gasteiger partial charge in [-0.15, -0.1) is 11.3 Å². The highest BCUT2D eigenvalue weighted by Gasteiger charge is 2.15. The summed E-state index contributed by atoms with van der Waals surface area (Å²) in [5.41, 5.74) is 1.26. The average molecular weight is 447 g/mol. The van der Waals surface area contributed by atoms with Crippen LogP contribution in [0.3, 0.4) is 0 Å². The van der Waals surface area contributed by atoms with Crippen molar-refractivity contribution in [2.75, 3.05) is 0 Å². The first kappa shape index (κ1) is 12.9. The van der Waals surface area contributed by atoms with Crippen molar-refractivity contribution in [3.05, 3.63) is 55.2 Å². The molecule has 0 aliphatic heterocycles. The Balaban J connectivity index is 2.35. The molecular weight excluding hydrogens is 440 g/mol. The number of rotatable bonds is 1. The molecule has 18 heavy (non-hydrogen) atoms. The first-order valence-electron chi connectivity index (χ1n) is 5.30. The van der Waals surface area contributed by atoms with Gasteiger partial charge in [0.25, 0.3) is 0 Å². The van der Waals surface area contributed by atoms with Gasteiger partial charge in [0.05, 0.1) is 17.6 Å². The van der Waals surface area contributed by atoms with Crippen molar-refractivity contribution >= 4 is 69.9 Å². The monoisotopic (exact) mass is 444 g/mol. The van der Waals surface area contributed by atoms with E-state index in [9.17, 15) is 0 Å². The van der Waals surface area contributed by atoms with E-state index in [1.54, 1.807) is 11.3 Å². The van der Waals surface area contributed by atoms with Gasteiger partial charge < -0.3 is 0 Å². The van der Waals surface area contributed by atoms with Crippen LogP contribution in [0.25, 0.3) is 21.2 Å². The summed E-state index contributed by atoms with van der Waals surface area (Å²) < 4.78 is 3.29. The zero-order valence-corrected chi connectivity index (χ0v) is 14.7. The highest BCUT2D eigenvalue weighted by Crippen LogP contribution is 2.47. The maximum atomic E-state index is 3.66. The molecular formula is C14H7Br3S. The minimum Gasteiger partial charge on any atom is -0.126 e. The van der Waals surface area contributed by atoms with E-state index in [1.807, 2.05) is 0 Å². The van der Waals surface area contributed by atoms with E-state index in [4.69, 9.17) is 0 Å². The fraction of sp³-hybridized carbons (Fsp3) is 0. The molecule has 0 aliphatic carbocycles. The summed E-state index contributed by atoms with van der Waals surface area (Å²) in [5, 5.41) is 2.55. The zero-order chi connectivity index (χ0) is 12.7. The third-order valence-corrected chi connectivity index (χ3v) is 7.86. The van der Waals surface area contributed by atoms with E-state index in [2.05, 4.69) is 90.3 Å². The molecule has 0 N–H and O–H groups in total. The predicted molar refractivity (Wildman–Crippen MR) is 90.4 cm³/mol. The van der Waals surface area contributed by atoms with Crippen LogP contribution < -0.4 is 0 Å². The highest BCUT2D eigenvalue weighted by molar-refractivity contribution is 9.14. The molecule has 0 unspecified atom stereocenters. The van der Waals surface area contributed by atoms with Crippen molar-refractivity contribution in [3.8, 4) is 10.4 Å². The van der Waals surface area contributed by atoms with Crippen LogP contribution in [-0.4, -0.2) is 0 Å². The summed E-state index contributed by atoms with van der Waals surface area (Å²) in [5.74, 6) is 0. The van der Waals surface area contributed by atoms with Crippen molar-refractivity contribution in [3.63, 3.8) is 0 Å². The number of benzene rings is 2. The molecule has 0 nitrogen and oxygen atoms in total. The van der Waals surface area contributed by atoms with E-state index < -0.39 is 0 Å². The SMILES string of the molecule is Brc1sc(-c2cccc3ccccc23)c(Br)c1Br. The molecule has 0 bridgehead atoms. The van der Waals surface area contributed by atoms with Crippen LogP contribution in [0.5, 0.6) is 0 Å². The molecule has 3 rings (SSSR count). The lowest BCUT2D eigenvalue weighted by Crippen LogP contribution is -1.78. The minimum atomic E-state index is 1.08. The number of thiophene rings is 1. The maximum absolute atomic E-state index is 3.66. The van der Waals surface area contributed by atoms with Gasteiger partial charge >= 0.3 is 0 Å². The van der Waals surface area contributed by atoms with Gasteiger partial charge in [0, 0.05) is 5.56 Å². The third-order valence-electron chi connectivity index (χ3n) is 2.79. The van der Waals surface area contributed by atoms with Crippen molar-refractivity contribution in [2.45, 2.75) is 0 Å². The fourth-order valence-corrected chi connectivity index (χ4v) is 5.12. The van der Waals surface area contributed by atoms with Crippen molar-refractivity contribution in [1.82, 2.24) is 0 Å².